The predicted molar refractivity (Wildman–Crippen MR) is 605 cm³/mol. The summed E-state index contributed by atoms with van der Waals surface area (Å²) in [7, 11) is 0. The zero-order valence-electron chi connectivity index (χ0n) is 84.3. The second-order valence-electron chi connectivity index (χ2n) is 41.2. The minimum absolute atomic E-state index is 0. The summed E-state index contributed by atoms with van der Waals surface area (Å²) in [5, 5.41) is 0. The molecule has 0 aliphatic rings. The quantitative estimate of drug-likeness (QED) is 0.0668. The van der Waals surface area contributed by atoms with Crippen LogP contribution in [0.4, 0.5) is 34.1 Å². The first-order valence-corrected chi connectivity index (χ1v) is 49.6. The van der Waals surface area contributed by atoms with E-state index >= 15 is 0 Å². The van der Waals surface area contributed by atoms with E-state index in [0.717, 1.165) is 135 Å². The third kappa shape index (κ3) is 23.4. The molecule has 146 heavy (non-hydrogen) atoms. The Morgan fingerprint density at radius 3 is 0.664 bits per heavy atom. The molecule has 0 saturated heterocycles. The molecule has 0 bridgehead atoms. The summed E-state index contributed by atoms with van der Waals surface area (Å²) in [6, 6.07) is 176. The Morgan fingerprint density at radius 1 is 0.158 bits per heavy atom. The summed E-state index contributed by atoms with van der Waals surface area (Å²) >= 11 is 0. The summed E-state index contributed by atoms with van der Waals surface area (Å²) in [5.74, 6) is 0. The number of pyridine rings is 4. The van der Waals surface area contributed by atoms with Crippen molar-refractivity contribution in [3.05, 3.63) is 520 Å². The van der Waals surface area contributed by atoms with Crippen LogP contribution >= 0.6 is 0 Å². The fourth-order valence-corrected chi connectivity index (χ4v) is 18.8. The van der Waals surface area contributed by atoms with Gasteiger partial charge in [-0.25, -0.2) is 0 Å². The molecule has 0 amide bonds. The Kier molecular flexibility index (Phi) is 30.2. The maximum absolute atomic E-state index is 4.99. The summed E-state index contributed by atoms with van der Waals surface area (Å²) in [5.41, 5.74) is 43.5. The van der Waals surface area contributed by atoms with Gasteiger partial charge in [-0.15, -0.1) is 119 Å². The van der Waals surface area contributed by atoms with Crippen molar-refractivity contribution < 1.29 is 42.1 Å². The van der Waals surface area contributed by atoms with E-state index in [4.69, 9.17) is 9.97 Å². The molecular weight excluding hydrogens is 2130 g/mol. The molecule has 8 heteroatoms. The maximum Gasteiger partial charge on any atom is 2.00 e. The molecule has 17 aromatic carbocycles. The minimum Gasteiger partial charge on any atom is -0.346 e. The van der Waals surface area contributed by atoms with E-state index in [1.54, 1.807) is 0 Å². The van der Waals surface area contributed by atoms with Crippen molar-refractivity contribution in [1.82, 2.24) is 19.9 Å². The number of hydrogen-bond acceptors (Lipinski definition) is 6. The van der Waals surface area contributed by atoms with Crippen LogP contribution in [0.2, 0.25) is 0 Å². The van der Waals surface area contributed by atoms with Crippen molar-refractivity contribution >= 4 is 34.1 Å². The molecule has 4 heterocycles. The third-order valence-electron chi connectivity index (χ3n) is 26.9. The van der Waals surface area contributed by atoms with Gasteiger partial charge in [0.2, 0.25) is 0 Å². The molecule has 0 aliphatic carbocycles. The third-order valence-corrected chi connectivity index (χ3v) is 26.9. The second-order valence-corrected chi connectivity index (χ2v) is 41.2. The maximum atomic E-state index is 4.99. The zero-order valence-corrected chi connectivity index (χ0v) is 88.9. The van der Waals surface area contributed by atoms with Crippen LogP contribution < -0.4 is 9.80 Å². The summed E-state index contributed by atoms with van der Waals surface area (Å²) in [6.45, 7) is 27.2. The summed E-state index contributed by atoms with van der Waals surface area (Å²) in [6.07, 6.45) is 7.46. The molecule has 21 aromatic rings. The van der Waals surface area contributed by atoms with Crippen LogP contribution in [0.15, 0.2) is 474 Å². The average molecular weight is 2250 g/mol. The van der Waals surface area contributed by atoms with E-state index in [2.05, 4.69) is 540 Å². The molecule has 0 aliphatic heterocycles. The molecule has 6 nitrogen and oxygen atoms in total. The van der Waals surface area contributed by atoms with E-state index < -0.39 is 0 Å². The number of nitrogens with zero attached hydrogens (tertiary/aromatic N) is 6. The van der Waals surface area contributed by atoms with Gasteiger partial charge < -0.3 is 29.7 Å². The van der Waals surface area contributed by atoms with E-state index in [1.807, 2.05) is 61.2 Å². The molecule has 716 valence electrons. The molecule has 0 radical (unpaired) electrons. The predicted octanol–water partition coefficient (Wildman–Crippen LogP) is 37.3. The Balaban J connectivity index is 0.000000230. The van der Waals surface area contributed by atoms with Crippen LogP contribution in [-0.2, 0) is 63.8 Å². The van der Waals surface area contributed by atoms with Crippen molar-refractivity contribution in [3.8, 4) is 167 Å². The Labute approximate surface area is 891 Å². The van der Waals surface area contributed by atoms with Gasteiger partial charge in [0.1, 0.15) is 0 Å². The standard InChI is InChI=1S/C92H83N3.C46H31N3.2Pt/c1-89(2,3)80-38-30-62(31-39-80)74-52-75(63-32-40-81(41-33-63)90(4,5)6)55-78(54-74)68-22-16-20-66(50-68)70-46-48-93-87(60-70)72-24-18-28-85(58-72)95(84-26-14-13-15-27-84)86-29-19-25-73(59-86)88-61-71(47-49-94-88)67-21-17-23-69(51-67)79-56-76(64-34-42-82(43-35-64)91(7,8)9)53-77(57-79)65-36-44-83(45-37-65)92(10,11)12;1-3-14-34(15-4-1)39-28-40(35-16-5-2-6-17-35)30-41(29-39)36-18-11-21-42(31-36)49(43-22-12-19-37(32-43)45-24-7-9-26-47-45)44-23-13-20-38(33-44)46-25-8-10-27-48-46;;/h13-57,60-61H,1-12H3;1-31H;;/q2*-2;2*+2. The normalized spacial score (nSPS) is 11.5. The largest absolute Gasteiger partial charge is 2.00 e. The van der Waals surface area contributed by atoms with Crippen LogP contribution in [0, 0.1) is 24.3 Å². The van der Waals surface area contributed by atoms with Gasteiger partial charge in [0.15, 0.2) is 0 Å². The van der Waals surface area contributed by atoms with Gasteiger partial charge in [0.05, 0.1) is 0 Å². The van der Waals surface area contributed by atoms with Crippen molar-refractivity contribution in [2.45, 2.75) is 105 Å². The molecule has 4 aromatic heterocycles. The summed E-state index contributed by atoms with van der Waals surface area (Å²) in [4.78, 5) is 23.6. The van der Waals surface area contributed by atoms with Gasteiger partial charge in [-0.3, -0.25) is 0 Å². The minimum atomic E-state index is 0. The molecule has 0 spiro atoms. The first-order valence-electron chi connectivity index (χ1n) is 49.6. The second kappa shape index (κ2) is 43.9. The number of rotatable bonds is 21. The fourth-order valence-electron chi connectivity index (χ4n) is 18.8. The SMILES string of the molecule is CC(C)(C)c1ccc(-c2cc(-c3ccc(C(C)(C)C)cc3)cc(-c3cccc(-c4ccnc(-c5[c-]c(N(c6[c-]c(-c7cc(-c8cccc(-c9cc(-c%10ccc(C(C)(C)C)cc%10)cc(-c%10ccc(C(C)(C)C)cc%10)c9)c8)ccn7)ccc6)c6ccccc6)ccc5)c4)c3)c2)cc1.[Pt+2].[Pt+2].[c-]1c(-c2ccccn2)cccc1N(c1[c-]c(-c2ccccn2)ccc1)c1cccc(-c2cc(-c3ccccc3)cc(-c3ccccc3)c2)c1. The van der Waals surface area contributed by atoms with Crippen molar-refractivity contribution in [2.24, 2.45) is 0 Å². The first-order chi connectivity index (χ1) is 69.8. The van der Waals surface area contributed by atoms with Crippen LogP contribution in [0.5, 0.6) is 0 Å². The Bertz CT molecular complexity index is 7520. The van der Waals surface area contributed by atoms with Gasteiger partial charge in [-0.1, -0.05) is 344 Å². The molecular formula is C138H114N6Pt2. The van der Waals surface area contributed by atoms with E-state index in [-0.39, 0.29) is 63.8 Å². The van der Waals surface area contributed by atoms with Crippen LogP contribution in [0.3, 0.4) is 0 Å². The van der Waals surface area contributed by atoms with E-state index in [0.29, 0.717) is 0 Å². The van der Waals surface area contributed by atoms with E-state index in [1.165, 1.54) is 89.0 Å². The molecule has 0 unspecified atom stereocenters. The van der Waals surface area contributed by atoms with Crippen LogP contribution in [0.25, 0.3) is 167 Å². The van der Waals surface area contributed by atoms with Gasteiger partial charge in [0.25, 0.3) is 0 Å². The number of hydrogen-bond donors (Lipinski definition) is 0. The number of anilines is 6. The average Bonchev–Trinajstić information content (AvgIpc) is 0.781. The monoisotopic (exact) mass is 2240 g/mol. The van der Waals surface area contributed by atoms with Gasteiger partial charge >= 0.3 is 42.1 Å². The number of para-hydroxylation sites is 1. The smallest absolute Gasteiger partial charge is 0.346 e. The van der Waals surface area contributed by atoms with Gasteiger partial charge in [-0.05, 0) is 327 Å². The fraction of sp³-hybridized carbons (Fsp3) is 0.116. The molecule has 0 saturated carbocycles. The first kappa shape index (κ1) is 100. The van der Waals surface area contributed by atoms with Crippen molar-refractivity contribution in [2.75, 3.05) is 9.80 Å². The van der Waals surface area contributed by atoms with Gasteiger partial charge in [-0.2, -0.15) is 0 Å². The zero-order chi connectivity index (χ0) is 99.1. The number of aromatic nitrogens is 4. The Hall–Kier alpha value is -15.7. The van der Waals surface area contributed by atoms with Crippen LogP contribution in [-0.4, -0.2) is 19.9 Å². The van der Waals surface area contributed by atoms with Crippen molar-refractivity contribution in [3.63, 3.8) is 0 Å². The Morgan fingerprint density at radius 2 is 0.370 bits per heavy atom. The molecule has 21 rings (SSSR count). The number of benzene rings is 17. The van der Waals surface area contributed by atoms with E-state index in [9.17, 15) is 0 Å². The van der Waals surface area contributed by atoms with Crippen molar-refractivity contribution in [1.29, 1.82) is 0 Å². The van der Waals surface area contributed by atoms with Crippen LogP contribution in [0.1, 0.15) is 105 Å². The summed E-state index contributed by atoms with van der Waals surface area (Å²) < 4.78 is 0. The van der Waals surface area contributed by atoms with Gasteiger partial charge in [0, 0.05) is 36.2 Å². The molecule has 0 fully saturated rings. The molecule has 0 atom stereocenters. The molecule has 0 N–H and O–H groups in total. The topological polar surface area (TPSA) is 58.0 Å².